The first-order valence-electron chi connectivity index (χ1n) is 13.7. The van der Waals surface area contributed by atoms with Gasteiger partial charge in [-0.3, -0.25) is 23.9 Å². The van der Waals surface area contributed by atoms with Crippen LogP contribution in [0.15, 0.2) is 53.3 Å². The first-order chi connectivity index (χ1) is 20.8. The Morgan fingerprint density at radius 1 is 1.16 bits per heavy atom. The summed E-state index contributed by atoms with van der Waals surface area (Å²) in [4.78, 5) is 44.2. The van der Waals surface area contributed by atoms with Gasteiger partial charge in [0.2, 0.25) is 5.91 Å². The zero-order valence-corrected chi connectivity index (χ0v) is 24.8. The van der Waals surface area contributed by atoms with Gasteiger partial charge in [-0.2, -0.15) is 5.26 Å². The number of carbonyl (C=O) groups excluding carboxylic acids is 2. The van der Waals surface area contributed by atoms with Crippen LogP contribution in [0, 0.1) is 29.5 Å². The van der Waals surface area contributed by atoms with Gasteiger partial charge in [-0.1, -0.05) is 24.1 Å². The topological polar surface area (TPSA) is 114 Å². The summed E-state index contributed by atoms with van der Waals surface area (Å²) in [5, 5.41) is 15.1. The van der Waals surface area contributed by atoms with Crippen molar-refractivity contribution in [3.05, 3.63) is 73.9 Å². The number of terminal acetylenes is 1. The van der Waals surface area contributed by atoms with E-state index in [1.165, 1.54) is 16.8 Å². The minimum atomic E-state index is -0.643. The monoisotopic (exact) mass is 601 g/mol. The lowest BCUT2D eigenvalue weighted by molar-refractivity contribution is -0.119. The number of thiazole rings is 1. The molecular weight excluding hydrogens is 569 g/mol. The fourth-order valence-electron chi connectivity index (χ4n) is 4.66. The quantitative estimate of drug-likeness (QED) is 0.354. The number of nitriles is 1. The molecule has 1 aromatic heterocycles. The normalized spacial score (nSPS) is 14.4. The highest BCUT2D eigenvalue weighted by Gasteiger charge is 2.22. The van der Waals surface area contributed by atoms with Crippen LogP contribution in [0.3, 0.4) is 0 Å². The number of aromatic nitrogens is 1. The first-order valence-corrected chi connectivity index (χ1v) is 14.5. The standard InChI is InChI=1S/C31H32FN7O3S/c1-4-13-34-29(41)24(19-33)31-39(5-2)30(42)27(43-31)20-35-22-9-8-10-23(18-22)36(3)28(40)21-37-14-16-38(17-15-37)26-12-7-6-11-25(26)32/h1,6-12,18,20,35H,5,13-17,21H2,2-3H3,(H,34,41). The Hall–Kier alpha value is -4.91. The summed E-state index contributed by atoms with van der Waals surface area (Å²) in [7, 11) is 1.71. The number of para-hydroxylation sites is 1. The van der Waals surface area contributed by atoms with E-state index in [1.54, 1.807) is 49.2 Å². The Balaban J connectivity index is 1.44. The first kappa shape index (κ1) is 31.0. The van der Waals surface area contributed by atoms with Crippen molar-refractivity contribution in [3.63, 3.8) is 0 Å². The summed E-state index contributed by atoms with van der Waals surface area (Å²) in [6.45, 7) is 4.74. The molecule has 222 valence electrons. The molecule has 3 aromatic rings. The number of piperazine rings is 1. The molecule has 2 amide bonds. The van der Waals surface area contributed by atoms with Gasteiger partial charge in [-0.25, -0.2) is 4.39 Å². The Morgan fingerprint density at radius 3 is 2.58 bits per heavy atom. The number of hydrogen-bond acceptors (Lipinski definition) is 8. The number of hydrogen-bond donors (Lipinski definition) is 2. The van der Waals surface area contributed by atoms with Gasteiger partial charge < -0.3 is 20.4 Å². The second kappa shape index (κ2) is 14.3. The van der Waals surface area contributed by atoms with Crippen molar-refractivity contribution in [1.82, 2.24) is 14.8 Å². The van der Waals surface area contributed by atoms with E-state index in [2.05, 4.69) is 21.5 Å². The van der Waals surface area contributed by atoms with E-state index in [4.69, 9.17) is 6.42 Å². The van der Waals surface area contributed by atoms with Crippen molar-refractivity contribution in [2.45, 2.75) is 13.5 Å². The molecule has 0 atom stereocenters. The maximum atomic E-state index is 14.2. The lowest BCUT2D eigenvalue weighted by atomic mass is 10.2. The Morgan fingerprint density at radius 2 is 1.91 bits per heavy atom. The van der Waals surface area contributed by atoms with Gasteiger partial charge in [0.15, 0.2) is 5.57 Å². The number of nitrogens with one attached hydrogen (secondary N) is 2. The fourth-order valence-corrected chi connectivity index (χ4v) is 5.74. The van der Waals surface area contributed by atoms with Crippen LogP contribution in [-0.2, 0) is 16.1 Å². The summed E-state index contributed by atoms with van der Waals surface area (Å²) < 4.78 is 16.1. The van der Waals surface area contributed by atoms with Crippen molar-refractivity contribution >= 4 is 52.0 Å². The van der Waals surface area contributed by atoms with Crippen molar-refractivity contribution in [2.24, 2.45) is 0 Å². The Labute approximate surface area is 252 Å². The van der Waals surface area contributed by atoms with Crippen LogP contribution in [0.1, 0.15) is 6.92 Å². The largest absolute Gasteiger partial charge is 0.367 e. The van der Waals surface area contributed by atoms with Crippen LogP contribution < -0.4 is 35.2 Å². The molecule has 0 radical (unpaired) electrons. The van der Waals surface area contributed by atoms with Gasteiger partial charge >= 0.3 is 0 Å². The van der Waals surface area contributed by atoms with E-state index in [0.717, 1.165) is 11.3 Å². The molecule has 0 saturated carbocycles. The molecule has 1 aliphatic heterocycles. The molecular formula is C31H32FN7O3S. The van der Waals surface area contributed by atoms with Crippen molar-refractivity contribution in [3.8, 4) is 18.4 Å². The van der Waals surface area contributed by atoms with Gasteiger partial charge in [0.25, 0.3) is 11.5 Å². The molecule has 12 heteroatoms. The molecule has 4 rings (SSSR count). The Bertz CT molecular complexity index is 1760. The smallest absolute Gasteiger partial charge is 0.270 e. The minimum absolute atomic E-state index is 0.0360. The number of benzene rings is 2. The van der Waals surface area contributed by atoms with Crippen LogP contribution >= 0.6 is 11.3 Å². The molecule has 0 aliphatic carbocycles. The predicted molar refractivity (Wildman–Crippen MR) is 167 cm³/mol. The van der Waals surface area contributed by atoms with E-state index in [0.29, 0.717) is 47.8 Å². The highest BCUT2D eigenvalue weighted by Crippen LogP contribution is 2.21. The lowest BCUT2D eigenvalue weighted by Crippen LogP contribution is -2.50. The van der Waals surface area contributed by atoms with E-state index >= 15 is 0 Å². The van der Waals surface area contributed by atoms with E-state index < -0.39 is 5.91 Å². The lowest BCUT2D eigenvalue weighted by Gasteiger charge is -2.36. The van der Waals surface area contributed by atoms with Crippen molar-refractivity contribution < 1.29 is 14.0 Å². The number of likely N-dealkylation sites (N-methyl/N-ethyl adjacent to an activating group) is 1. The van der Waals surface area contributed by atoms with Crippen molar-refractivity contribution in [1.29, 1.82) is 5.26 Å². The third-order valence-electron chi connectivity index (χ3n) is 7.03. The molecule has 2 N–H and O–H groups in total. The number of halogens is 1. The molecule has 2 heterocycles. The highest BCUT2D eigenvalue weighted by molar-refractivity contribution is 7.07. The molecule has 0 spiro atoms. The van der Waals surface area contributed by atoms with Crippen LogP contribution in [-0.4, -0.2) is 67.6 Å². The van der Waals surface area contributed by atoms with Gasteiger partial charge in [0.1, 0.15) is 21.1 Å². The van der Waals surface area contributed by atoms with Gasteiger partial charge in [-0.05, 0) is 37.3 Å². The van der Waals surface area contributed by atoms with E-state index in [9.17, 15) is 24.0 Å². The summed E-state index contributed by atoms with van der Waals surface area (Å²) >= 11 is 1.02. The molecule has 1 fully saturated rings. The number of amides is 2. The minimum Gasteiger partial charge on any atom is -0.367 e. The molecule has 43 heavy (non-hydrogen) atoms. The second-order valence-electron chi connectivity index (χ2n) is 9.70. The zero-order chi connectivity index (χ0) is 30.9. The SMILES string of the molecule is C#CCNC(=O)C(C#N)=c1sc(=CNc2cccc(N(C)C(=O)CN3CCN(c4ccccc4F)CC3)c2)c(=O)n1CC. The molecule has 0 bridgehead atoms. The second-order valence-corrected chi connectivity index (χ2v) is 10.7. The van der Waals surface area contributed by atoms with Crippen LogP contribution in [0.25, 0.3) is 11.8 Å². The van der Waals surface area contributed by atoms with Crippen LogP contribution in [0.2, 0.25) is 0 Å². The predicted octanol–water partition coefficient (Wildman–Crippen LogP) is 1.13. The number of anilines is 3. The third kappa shape index (κ3) is 7.30. The number of rotatable bonds is 9. The molecule has 0 unspecified atom stereocenters. The Kier molecular flexibility index (Phi) is 10.3. The van der Waals surface area contributed by atoms with Gasteiger partial charge in [-0.15, -0.1) is 17.8 Å². The van der Waals surface area contributed by atoms with Gasteiger partial charge in [0, 0.05) is 57.3 Å². The number of carbonyl (C=O) groups is 2. The van der Waals surface area contributed by atoms with Crippen LogP contribution in [0.4, 0.5) is 21.5 Å². The van der Waals surface area contributed by atoms with Gasteiger partial charge in [0.05, 0.1) is 18.8 Å². The number of nitrogens with zero attached hydrogens (tertiary/aromatic N) is 5. The maximum absolute atomic E-state index is 14.2. The fraction of sp³-hybridized carbons (Fsp3) is 0.290. The molecule has 1 aliphatic rings. The van der Waals surface area contributed by atoms with Crippen molar-refractivity contribution in [2.75, 3.05) is 61.4 Å². The summed E-state index contributed by atoms with van der Waals surface area (Å²) in [5.74, 6) is 1.31. The maximum Gasteiger partial charge on any atom is 0.270 e. The zero-order valence-electron chi connectivity index (χ0n) is 24.0. The third-order valence-corrected chi connectivity index (χ3v) is 8.16. The van der Waals surface area contributed by atoms with E-state index in [-0.39, 0.29) is 47.2 Å². The molecule has 1 saturated heterocycles. The molecule has 10 nitrogen and oxygen atoms in total. The summed E-state index contributed by atoms with van der Waals surface area (Å²) in [6, 6.07) is 15.8. The average Bonchev–Trinajstić information content (AvgIpc) is 3.34. The highest BCUT2D eigenvalue weighted by atomic mass is 32.1. The summed E-state index contributed by atoms with van der Waals surface area (Å²) in [6.07, 6.45) is 6.71. The summed E-state index contributed by atoms with van der Waals surface area (Å²) in [5.41, 5.74) is 1.36. The molecule has 2 aromatic carbocycles. The van der Waals surface area contributed by atoms with E-state index in [1.807, 2.05) is 23.1 Å². The van der Waals surface area contributed by atoms with Crippen LogP contribution in [0.5, 0.6) is 0 Å². The average molecular weight is 602 g/mol.